The number of hydrogen-bond donors (Lipinski definition) is 2. The van der Waals surface area contributed by atoms with Crippen molar-refractivity contribution >= 4 is 33.2 Å². The van der Waals surface area contributed by atoms with Crippen LogP contribution in [0.5, 0.6) is 0 Å². The van der Waals surface area contributed by atoms with Crippen molar-refractivity contribution in [1.29, 1.82) is 0 Å². The SMILES string of the molecule is CC(=O)NCc1ccc(C(=O)N2CCCC(CNS(=O)(=O)c3ccc(C)cc3)C2)s1. The molecule has 2 N–H and O–H groups in total. The lowest BCUT2D eigenvalue weighted by molar-refractivity contribution is -0.119. The van der Waals surface area contributed by atoms with E-state index >= 15 is 0 Å². The Balaban J connectivity index is 1.56. The number of hydrogen-bond acceptors (Lipinski definition) is 5. The molecule has 1 aromatic heterocycles. The number of sulfonamides is 1. The van der Waals surface area contributed by atoms with Gasteiger partial charge in [0.05, 0.1) is 16.3 Å². The summed E-state index contributed by atoms with van der Waals surface area (Å²) >= 11 is 1.38. The van der Waals surface area contributed by atoms with Crippen molar-refractivity contribution < 1.29 is 18.0 Å². The van der Waals surface area contributed by atoms with E-state index in [1.165, 1.54) is 18.3 Å². The molecule has 2 amide bonds. The number of rotatable bonds is 7. The molecule has 1 saturated heterocycles. The Morgan fingerprint density at radius 3 is 2.60 bits per heavy atom. The number of nitrogens with one attached hydrogen (secondary N) is 2. The molecule has 9 heteroatoms. The molecule has 1 atom stereocenters. The summed E-state index contributed by atoms with van der Waals surface area (Å²) < 4.78 is 27.7. The number of carbonyl (C=O) groups excluding carboxylic acids is 2. The summed E-state index contributed by atoms with van der Waals surface area (Å²) in [6.45, 7) is 5.27. The number of carbonyl (C=O) groups is 2. The quantitative estimate of drug-likeness (QED) is 0.679. The Hall–Kier alpha value is -2.23. The highest BCUT2D eigenvalue weighted by Gasteiger charge is 2.26. The van der Waals surface area contributed by atoms with Crippen LogP contribution in [-0.2, 0) is 21.4 Å². The van der Waals surface area contributed by atoms with E-state index in [1.807, 2.05) is 13.0 Å². The van der Waals surface area contributed by atoms with Crippen molar-refractivity contribution in [2.45, 2.75) is 38.1 Å². The summed E-state index contributed by atoms with van der Waals surface area (Å²) in [4.78, 5) is 27.5. The molecule has 1 unspecified atom stereocenters. The van der Waals surface area contributed by atoms with Crippen molar-refractivity contribution in [3.05, 3.63) is 51.7 Å². The summed E-state index contributed by atoms with van der Waals surface area (Å²) in [5.74, 6) is -0.0786. The highest BCUT2D eigenvalue weighted by molar-refractivity contribution is 7.89. The van der Waals surface area contributed by atoms with Crippen LogP contribution in [0, 0.1) is 12.8 Å². The number of amides is 2. The van der Waals surface area contributed by atoms with Gasteiger partial charge in [0.15, 0.2) is 0 Å². The second-order valence-electron chi connectivity index (χ2n) is 7.60. The minimum atomic E-state index is -3.56. The number of aryl methyl sites for hydroxylation is 1. The largest absolute Gasteiger partial charge is 0.351 e. The van der Waals surface area contributed by atoms with Crippen LogP contribution in [-0.4, -0.2) is 44.8 Å². The molecule has 0 aliphatic carbocycles. The molecular formula is C21H27N3O4S2. The lowest BCUT2D eigenvalue weighted by atomic mass is 9.98. The fourth-order valence-electron chi connectivity index (χ4n) is 3.40. The minimum absolute atomic E-state index is 0.0415. The lowest BCUT2D eigenvalue weighted by Gasteiger charge is -2.32. The van der Waals surface area contributed by atoms with Gasteiger partial charge in [-0.3, -0.25) is 9.59 Å². The van der Waals surface area contributed by atoms with Crippen LogP contribution in [0.4, 0.5) is 0 Å². The van der Waals surface area contributed by atoms with Crippen molar-refractivity contribution in [2.24, 2.45) is 5.92 Å². The van der Waals surface area contributed by atoms with Crippen molar-refractivity contribution in [1.82, 2.24) is 14.9 Å². The molecule has 1 aliphatic rings. The molecule has 0 radical (unpaired) electrons. The zero-order valence-corrected chi connectivity index (χ0v) is 18.8. The van der Waals surface area contributed by atoms with Crippen molar-refractivity contribution in [3.8, 4) is 0 Å². The van der Waals surface area contributed by atoms with Crippen molar-refractivity contribution in [2.75, 3.05) is 19.6 Å². The van der Waals surface area contributed by atoms with Crippen LogP contribution in [0.15, 0.2) is 41.3 Å². The van der Waals surface area contributed by atoms with Crippen molar-refractivity contribution in [3.63, 3.8) is 0 Å². The first-order valence-corrected chi connectivity index (χ1v) is 12.2. The second kappa shape index (κ2) is 9.72. The first-order chi connectivity index (χ1) is 14.2. The monoisotopic (exact) mass is 449 g/mol. The third kappa shape index (κ3) is 5.90. The number of likely N-dealkylation sites (tertiary alicyclic amines) is 1. The standard InChI is InChI=1S/C21H27N3O4S2/c1-15-5-8-19(9-6-15)30(27,28)23-12-17-4-3-11-24(14-17)21(26)20-10-7-18(29-20)13-22-16(2)25/h5-10,17,23H,3-4,11-14H2,1-2H3,(H,22,25). The van der Waals surface area contributed by atoms with E-state index in [4.69, 9.17) is 0 Å². The molecule has 3 rings (SSSR count). The number of piperidine rings is 1. The number of thiophene rings is 1. The molecule has 1 aliphatic heterocycles. The van der Waals surface area contributed by atoms with Gasteiger partial charge in [0.1, 0.15) is 0 Å². The van der Waals surface area contributed by atoms with Crippen LogP contribution in [0.1, 0.15) is 39.9 Å². The molecule has 7 nitrogen and oxygen atoms in total. The maximum Gasteiger partial charge on any atom is 0.263 e. The Morgan fingerprint density at radius 1 is 1.17 bits per heavy atom. The van der Waals surface area contributed by atoms with Crippen LogP contribution in [0.2, 0.25) is 0 Å². The van der Waals surface area contributed by atoms with Crippen LogP contribution >= 0.6 is 11.3 Å². The second-order valence-corrected chi connectivity index (χ2v) is 10.5. The van der Waals surface area contributed by atoms with E-state index in [0.717, 1.165) is 23.3 Å². The molecular weight excluding hydrogens is 422 g/mol. The fourth-order valence-corrected chi connectivity index (χ4v) is 5.43. The van der Waals surface area contributed by atoms with Gasteiger partial charge in [-0.05, 0) is 49.9 Å². The molecule has 0 spiro atoms. The van der Waals surface area contributed by atoms with E-state index in [0.29, 0.717) is 31.1 Å². The Labute approximate surface area is 181 Å². The van der Waals surface area contributed by atoms with Crippen LogP contribution < -0.4 is 10.0 Å². The Kier molecular flexibility index (Phi) is 7.27. The maximum atomic E-state index is 12.9. The van der Waals surface area contributed by atoms with E-state index in [1.54, 1.807) is 35.2 Å². The van der Waals surface area contributed by atoms with Gasteiger partial charge < -0.3 is 10.2 Å². The summed E-state index contributed by atoms with van der Waals surface area (Å²) in [6, 6.07) is 10.4. The zero-order valence-electron chi connectivity index (χ0n) is 17.2. The molecule has 162 valence electrons. The third-order valence-corrected chi connectivity index (χ3v) is 7.60. The first kappa shape index (κ1) is 22.5. The number of nitrogens with zero attached hydrogens (tertiary/aromatic N) is 1. The molecule has 1 fully saturated rings. The van der Waals surface area contributed by atoms with E-state index in [9.17, 15) is 18.0 Å². The van der Waals surface area contributed by atoms with E-state index in [2.05, 4.69) is 10.0 Å². The van der Waals surface area contributed by atoms with E-state index in [-0.39, 0.29) is 22.6 Å². The topological polar surface area (TPSA) is 95.6 Å². The van der Waals surface area contributed by atoms with Gasteiger partial charge in [-0.1, -0.05) is 17.7 Å². The van der Waals surface area contributed by atoms with Gasteiger partial charge in [0, 0.05) is 31.4 Å². The maximum absolute atomic E-state index is 12.9. The molecule has 0 bridgehead atoms. The normalized spacial score (nSPS) is 17.0. The minimum Gasteiger partial charge on any atom is -0.351 e. The van der Waals surface area contributed by atoms with Gasteiger partial charge in [-0.25, -0.2) is 13.1 Å². The van der Waals surface area contributed by atoms with Gasteiger partial charge in [-0.15, -0.1) is 11.3 Å². The zero-order chi connectivity index (χ0) is 21.7. The average Bonchev–Trinajstić information content (AvgIpc) is 3.20. The Bertz CT molecular complexity index is 1000. The average molecular weight is 450 g/mol. The molecule has 30 heavy (non-hydrogen) atoms. The van der Waals surface area contributed by atoms with Gasteiger partial charge >= 0.3 is 0 Å². The van der Waals surface area contributed by atoms with Gasteiger partial charge in [0.25, 0.3) is 5.91 Å². The molecule has 2 aromatic rings. The summed E-state index contributed by atoms with van der Waals surface area (Å²) in [7, 11) is -3.56. The molecule has 1 aromatic carbocycles. The summed E-state index contributed by atoms with van der Waals surface area (Å²) in [6.07, 6.45) is 1.71. The first-order valence-electron chi connectivity index (χ1n) is 9.93. The smallest absolute Gasteiger partial charge is 0.263 e. The predicted molar refractivity (Wildman–Crippen MR) is 117 cm³/mol. The van der Waals surface area contributed by atoms with E-state index < -0.39 is 10.0 Å². The number of benzene rings is 1. The fraction of sp³-hybridized carbons (Fsp3) is 0.429. The van der Waals surface area contributed by atoms with Crippen LogP contribution in [0.25, 0.3) is 0 Å². The van der Waals surface area contributed by atoms with Gasteiger partial charge in [-0.2, -0.15) is 0 Å². The summed E-state index contributed by atoms with van der Waals surface area (Å²) in [5, 5.41) is 2.73. The lowest BCUT2D eigenvalue weighted by Crippen LogP contribution is -2.43. The summed E-state index contributed by atoms with van der Waals surface area (Å²) in [5.41, 5.74) is 1.00. The Morgan fingerprint density at radius 2 is 1.90 bits per heavy atom. The third-order valence-electron chi connectivity index (χ3n) is 5.08. The molecule has 2 heterocycles. The van der Waals surface area contributed by atoms with Crippen LogP contribution in [0.3, 0.4) is 0 Å². The molecule has 0 saturated carbocycles. The highest BCUT2D eigenvalue weighted by atomic mass is 32.2. The highest BCUT2D eigenvalue weighted by Crippen LogP contribution is 2.23. The van der Waals surface area contributed by atoms with Gasteiger partial charge in [0.2, 0.25) is 15.9 Å². The predicted octanol–water partition coefficient (Wildman–Crippen LogP) is 2.52.